The van der Waals surface area contributed by atoms with Crippen molar-refractivity contribution in [1.82, 2.24) is 0 Å². The molecule has 0 heterocycles. The van der Waals surface area contributed by atoms with E-state index in [9.17, 15) is 4.91 Å². The average Bonchev–Trinajstić information content (AvgIpc) is 2.96. The normalized spacial score (nSPS) is 11.5. The molecule has 4 aromatic carbocycles. The topological polar surface area (TPSA) is 47.9 Å². The molecule has 4 rings (SSSR count). The van der Waals surface area contributed by atoms with Crippen LogP contribution >= 0.6 is 0 Å². The number of benzene rings is 4. The van der Waals surface area contributed by atoms with Crippen LogP contribution in [0.5, 0.6) is 11.5 Å². The molecule has 0 unspecified atom stereocenters. The summed E-state index contributed by atoms with van der Waals surface area (Å²) in [5, 5.41) is 2.89. The number of unbranched alkanes of at least 4 members (excludes halogenated alkanes) is 1. The fourth-order valence-corrected chi connectivity index (χ4v) is 4.21. The largest absolute Gasteiger partial charge is 0.494 e. The molecule has 0 aliphatic heterocycles. The first-order valence-electron chi connectivity index (χ1n) is 12.9. The Bertz CT molecular complexity index is 1260. The van der Waals surface area contributed by atoms with Crippen molar-refractivity contribution in [2.75, 3.05) is 19.8 Å². The van der Waals surface area contributed by atoms with Gasteiger partial charge in [0.2, 0.25) is 0 Å². The van der Waals surface area contributed by atoms with Gasteiger partial charge in [-0.3, -0.25) is 0 Å². The number of hydrogen-bond acceptors (Lipinski definition) is 4. The third kappa shape index (κ3) is 7.17. The molecule has 4 aromatic rings. The molecule has 4 heteroatoms. The van der Waals surface area contributed by atoms with E-state index in [2.05, 4.69) is 97.0 Å². The van der Waals surface area contributed by atoms with E-state index < -0.39 is 0 Å². The number of rotatable bonds is 13. The Kier molecular flexibility index (Phi) is 9.65. The summed E-state index contributed by atoms with van der Waals surface area (Å²) in [5.74, 6) is 1.66. The molecule has 4 nitrogen and oxygen atoms in total. The molecule has 0 atom stereocenters. The van der Waals surface area contributed by atoms with E-state index in [-0.39, 0.29) is 6.54 Å². The molecule has 188 valence electrons. The van der Waals surface area contributed by atoms with Gasteiger partial charge in [-0.1, -0.05) is 103 Å². The fourth-order valence-electron chi connectivity index (χ4n) is 4.21. The smallest absolute Gasteiger partial charge is 0.119 e. The van der Waals surface area contributed by atoms with Crippen molar-refractivity contribution in [2.24, 2.45) is 5.18 Å². The average molecular weight is 492 g/mol. The van der Waals surface area contributed by atoms with Crippen LogP contribution in [-0.2, 0) is 0 Å². The lowest BCUT2D eigenvalue weighted by Crippen LogP contribution is -2.00. The Hall–Kier alpha value is -4.18. The molecule has 0 aromatic heterocycles. The van der Waals surface area contributed by atoms with Crippen LogP contribution in [0.15, 0.2) is 114 Å². The van der Waals surface area contributed by atoms with Gasteiger partial charge < -0.3 is 9.47 Å². The lowest BCUT2D eigenvalue weighted by molar-refractivity contribution is 0.309. The molecule has 0 saturated heterocycles. The second-order valence-electron chi connectivity index (χ2n) is 8.79. The van der Waals surface area contributed by atoms with E-state index in [1.54, 1.807) is 0 Å². The number of nitroso groups, excluding NO2 is 1. The first-order valence-corrected chi connectivity index (χ1v) is 12.9. The highest BCUT2D eigenvalue weighted by Crippen LogP contribution is 2.37. The minimum atomic E-state index is 0.266. The Balaban J connectivity index is 1.79. The van der Waals surface area contributed by atoms with Crippen molar-refractivity contribution in [3.63, 3.8) is 0 Å². The highest BCUT2D eigenvalue weighted by atomic mass is 16.5. The predicted octanol–water partition coefficient (Wildman–Crippen LogP) is 8.41. The highest BCUT2D eigenvalue weighted by molar-refractivity contribution is 6.04. The van der Waals surface area contributed by atoms with Crippen molar-refractivity contribution in [1.29, 1.82) is 0 Å². The van der Waals surface area contributed by atoms with E-state index >= 15 is 0 Å². The molecule has 0 amide bonds. The van der Waals surface area contributed by atoms with Gasteiger partial charge in [0.1, 0.15) is 11.5 Å². The van der Waals surface area contributed by atoms with Crippen LogP contribution in [-0.4, -0.2) is 19.8 Å². The summed E-state index contributed by atoms with van der Waals surface area (Å²) < 4.78 is 11.7. The van der Waals surface area contributed by atoms with Crippen LogP contribution in [0, 0.1) is 4.91 Å². The molecule has 0 spiro atoms. The second kappa shape index (κ2) is 13.8. The minimum Gasteiger partial charge on any atom is -0.494 e. The zero-order chi connectivity index (χ0) is 25.7. The lowest BCUT2D eigenvalue weighted by Gasteiger charge is -2.19. The molecule has 37 heavy (non-hydrogen) atoms. The SMILES string of the molecule is CCCCOc1ccc(/C(=C(\c2ccccc2)c2ccc(OCCCN=O)cc2)c2ccccc2)cc1. The highest BCUT2D eigenvalue weighted by Gasteiger charge is 2.16. The Morgan fingerprint density at radius 2 is 0.973 bits per heavy atom. The first kappa shape index (κ1) is 25.9. The van der Waals surface area contributed by atoms with E-state index in [1.807, 2.05) is 24.3 Å². The quantitative estimate of drug-likeness (QED) is 0.107. The summed E-state index contributed by atoms with van der Waals surface area (Å²) in [6.07, 6.45) is 2.76. The van der Waals surface area contributed by atoms with Crippen molar-refractivity contribution >= 4 is 11.1 Å². The van der Waals surface area contributed by atoms with Gasteiger partial charge in [-0.2, -0.15) is 4.91 Å². The fraction of sp³-hybridized carbons (Fsp3) is 0.212. The monoisotopic (exact) mass is 491 g/mol. The molecule has 0 saturated carbocycles. The maximum atomic E-state index is 10.3. The van der Waals surface area contributed by atoms with Gasteiger partial charge in [-0.05, 0) is 64.1 Å². The minimum absolute atomic E-state index is 0.266. The first-order chi connectivity index (χ1) is 18.3. The standard InChI is InChI=1S/C33H33NO3/c1-2-3-24-36-30-19-15-28(16-20-30)32(26-11-6-4-7-12-26)33(27-13-8-5-9-14-27)29-17-21-31(22-18-29)37-25-10-23-34-35/h4-9,11-22H,2-3,10,23-25H2,1H3/b33-32+. The summed E-state index contributed by atoms with van der Waals surface area (Å²) in [7, 11) is 0. The number of hydrogen-bond donors (Lipinski definition) is 0. The van der Waals surface area contributed by atoms with Gasteiger partial charge in [0.25, 0.3) is 0 Å². The van der Waals surface area contributed by atoms with Crippen molar-refractivity contribution in [2.45, 2.75) is 26.2 Å². The number of ether oxygens (including phenoxy) is 2. The van der Waals surface area contributed by atoms with Crippen molar-refractivity contribution < 1.29 is 9.47 Å². The van der Waals surface area contributed by atoms with Crippen LogP contribution in [0.25, 0.3) is 11.1 Å². The van der Waals surface area contributed by atoms with Crippen molar-refractivity contribution in [3.8, 4) is 11.5 Å². The third-order valence-corrected chi connectivity index (χ3v) is 6.09. The van der Waals surface area contributed by atoms with Crippen LogP contribution in [0.3, 0.4) is 0 Å². The van der Waals surface area contributed by atoms with Gasteiger partial charge in [0.15, 0.2) is 0 Å². The molecule has 0 aliphatic rings. The number of nitrogens with zero attached hydrogens (tertiary/aromatic N) is 1. The zero-order valence-electron chi connectivity index (χ0n) is 21.3. The summed E-state index contributed by atoms with van der Waals surface area (Å²) in [6.45, 7) is 3.63. The Morgan fingerprint density at radius 3 is 1.38 bits per heavy atom. The molecule has 0 bridgehead atoms. The van der Waals surface area contributed by atoms with Gasteiger partial charge in [-0.15, -0.1) is 0 Å². The predicted molar refractivity (Wildman–Crippen MR) is 152 cm³/mol. The van der Waals surface area contributed by atoms with E-state index in [0.717, 1.165) is 64.3 Å². The van der Waals surface area contributed by atoms with Gasteiger partial charge in [0, 0.05) is 6.42 Å². The van der Waals surface area contributed by atoms with E-state index in [1.165, 1.54) is 0 Å². The molecule has 0 fully saturated rings. The summed E-state index contributed by atoms with van der Waals surface area (Å²) in [4.78, 5) is 10.3. The molecular formula is C33H33NO3. The third-order valence-electron chi connectivity index (χ3n) is 6.09. The second-order valence-corrected chi connectivity index (χ2v) is 8.79. The zero-order valence-corrected chi connectivity index (χ0v) is 21.3. The van der Waals surface area contributed by atoms with Gasteiger partial charge in [-0.25, -0.2) is 0 Å². The van der Waals surface area contributed by atoms with Crippen LogP contribution in [0.1, 0.15) is 48.4 Å². The lowest BCUT2D eigenvalue weighted by atomic mass is 9.86. The van der Waals surface area contributed by atoms with Crippen LogP contribution in [0.4, 0.5) is 0 Å². The van der Waals surface area contributed by atoms with E-state index in [0.29, 0.717) is 13.0 Å². The maximum absolute atomic E-state index is 10.3. The van der Waals surface area contributed by atoms with Crippen LogP contribution in [0.2, 0.25) is 0 Å². The summed E-state index contributed by atoms with van der Waals surface area (Å²) >= 11 is 0. The molecule has 0 aliphatic carbocycles. The maximum Gasteiger partial charge on any atom is 0.119 e. The Labute approximate surface area is 219 Å². The molecule has 0 radical (unpaired) electrons. The van der Waals surface area contributed by atoms with Gasteiger partial charge in [0.05, 0.1) is 19.8 Å². The molecule has 0 N–H and O–H groups in total. The van der Waals surface area contributed by atoms with E-state index in [4.69, 9.17) is 9.47 Å². The Morgan fingerprint density at radius 1 is 0.568 bits per heavy atom. The van der Waals surface area contributed by atoms with Crippen LogP contribution < -0.4 is 9.47 Å². The molecular weight excluding hydrogens is 458 g/mol. The van der Waals surface area contributed by atoms with Crippen molar-refractivity contribution in [3.05, 3.63) is 136 Å². The summed E-state index contributed by atoms with van der Waals surface area (Å²) in [6, 6.07) is 37.6. The summed E-state index contributed by atoms with van der Waals surface area (Å²) in [5.41, 5.74) is 6.78. The van der Waals surface area contributed by atoms with Gasteiger partial charge >= 0.3 is 0 Å².